The molecule has 4 nitrogen and oxygen atoms in total. The molecule has 0 aliphatic heterocycles. The summed E-state index contributed by atoms with van der Waals surface area (Å²) in [6, 6.07) is 4.20. The Bertz CT molecular complexity index is 673. The minimum Gasteiger partial charge on any atom is -0.481 e. The van der Waals surface area contributed by atoms with Gasteiger partial charge in [-0.25, -0.2) is 4.39 Å². The van der Waals surface area contributed by atoms with Gasteiger partial charge in [0.05, 0.1) is 6.42 Å². The molecule has 2 N–H and O–H groups in total. The number of hydrogen-bond acceptors (Lipinski definition) is 2. The zero-order valence-corrected chi connectivity index (χ0v) is 11.4. The van der Waals surface area contributed by atoms with Gasteiger partial charge in [0.15, 0.2) is 5.78 Å². The van der Waals surface area contributed by atoms with Crippen LogP contribution < -0.4 is 0 Å². The van der Waals surface area contributed by atoms with Crippen molar-refractivity contribution in [1.82, 2.24) is 4.98 Å². The van der Waals surface area contributed by atoms with Crippen LogP contribution in [0.1, 0.15) is 37.0 Å². The van der Waals surface area contributed by atoms with Crippen molar-refractivity contribution >= 4 is 22.7 Å². The van der Waals surface area contributed by atoms with Gasteiger partial charge in [-0.2, -0.15) is 0 Å². The largest absolute Gasteiger partial charge is 0.481 e. The van der Waals surface area contributed by atoms with Gasteiger partial charge < -0.3 is 10.1 Å². The van der Waals surface area contributed by atoms with E-state index in [2.05, 4.69) is 4.98 Å². The lowest BCUT2D eigenvalue weighted by Crippen LogP contribution is -2.21. The Kier molecular flexibility index (Phi) is 3.61. The highest BCUT2D eigenvalue weighted by Crippen LogP contribution is 2.29. The fourth-order valence-electron chi connectivity index (χ4n) is 2.33. The SMILES string of the molecule is CC(C)(CC(=O)O)CC(=O)c1c[nH]c2ccc(F)cc12. The number of hydrogen-bond donors (Lipinski definition) is 2. The van der Waals surface area contributed by atoms with E-state index in [1.807, 2.05) is 0 Å². The molecule has 0 saturated carbocycles. The summed E-state index contributed by atoms with van der Waals surface area (Å²) in [6.07, 6.45) is 1.56. The van der Waals surface area contributed by atoms with Gasteiger partial charge in [-0.3, -0.25) is 9.59 Å². The van der Waals surface area contributed by atoms with Crippen molar-refractivity contribution in [2.24, 2.45) is 5.41 Å². The van der Waals surface area contributed by atoms with Crippen molar-refractivity contribution in [2.45, 2.75) is 26.7 Å². The lowest BCUT2D eigenvalue weighted by atomic mass is 9.82. The third kappa shape index (κ3) is 3.04. The fraction of sp³-hybridized carbons (Fsp3) is 0.333. The molecule has 0 unspecified atom stereocenters. The molecule has 106 valence electrons. The fourth-order valence-corrected chi connectivity index (χ4v) is 2.33. The molecule has 2 rings (SSSR count). The van der Waals surface area contributed by atoms with E-state index in [1.165, 1.54) is 12.1 Å². The number of aromatic nitrogens is 1. The minimum absolute atomic E-state index is 0.0878. The number of carbonyl (C=O) groups excluding carboxylic acids is 1. The zero-order chi connectivity index (χ0) is 14.9. The third-order valence-corrected chi connectivity index (χ3v) is 3.21. The topological polar surface area (TPSA) is 70.2 Å². The van der Waals surface area contributed by atoms with Crippen molar-refractivity contribution in [1.29, 1.82) is 0 Å². The van der Waals surface area contributed by atoms with Crippen LogP contribution in [-0.4, -0.2) is 21.8 Å². The van der Waals surface area contributed by atoms with Crippen molar-refractivity contribution in [3.8, 4) is 0 Å². The van der Waals surface area contributed by atoms with Crippen LogP contribution in [0.25, 0.3) is 10.9 Å². The summed E-state index contributed by atoms with van der Waals surface area (Å²) in [5.41, 5.74) is 0.448. The van der Waals surface area contributed by atoms with Gasteiger partial charge in [-0.1, -0.05) is 13.8 Å². The minimum atomic E-state index is -0.937. The second kappa shape index (κ2) is 5.07. The number of aliphatic carboxylic acids is 1. The van der Waals surface area contributed by atoms with E-state index in [1.54, 1.807) is 26.1 Å². The van der Waals surface area contributed by atoms with Crippen LogP contribution >= 0.6 is 0 Å². The lowest BCUT2D eigenvalue weighted by Gasteiger charge is -2.20. The molecule has 0 bridgehead atoms. The highest BCUT2D eigenvalue weighted by molar-refractivity contribution is 6.08. The maximum Gasteiger partial charge on any atom is 0.303 e. The summed E-state index contributed by atoms with van der Waals surface area (Å²) < 4.78 is 13.3. The Morgan fingerprint density at radius 1 is 1.30 bits per heavy atom. The summed E-state index contributed by atoms with van der Waals surface area (Å²) in [6.45, 7) is 3.46. The highest BCUT2D eigenvalue weighted by Gasteiger charge is 2.26. The van der Waals surface area contributed by atoms with E-state index in [-0.39, 0.29) is 18.6 Å². The maximum atomic E-state index is 13.3. The number of carboxylic acids is 1. The number of Topliss-reactive ketones (excluding diaryl/α,β-unsaturated/α-hetero) is 1. The standard InChI is InChI=1S/C15H16FNO3/c1-15(2,7-14(19)20)6-13(18)11-8-17-12-4-3-9(16)5-10(11)12/h3-5,8,17H,6-7H2,1-2H3,(H,19,20). The molecule has 20 heavy (non-hydrogen) atoms. The molecule has 1 aromatic heterocycles. The normalized spacial score (nSPS) is 11.8. The van der Waals surface area contributed by atoms with Gasteiger partial charge >= 0.3 is 5.97 Å². The van der Waals surface area contributed by atoms with E-state index in [4.69, 9.17) is 5.11 Å². The van der Waals surface area contributed by atoms with Gasteiger partial charge in [-0.05, 0) is 23.6 Å². The van der Waals surface area contributed by atoms with Crippen LogP contribution in [0.5, 0.6) is 0 Å². The number of aromatic amines is 1. The van der Waals surface area contributed by atoms with E-state index >= 15 is 0 Å². The van der Waals surface area contributed by atoms with Crippen molar-refractivity contribution < 1.29 is 19.1 Å². The van der Waals surface area contributed by atoms with Crippen LogP contribution in [0, 0.1) is 11.2 Å². The van der Waals surface area contributed by atoms with Crippen LogP contribution in [0.2, 0.25) is 0 Å². The van der Waals surface area contributed by atoms with Gasteiger partial charge in [0, 0.05) is 29.1 Å². The number of halogens is 1. The second-order valence-corrected chi connectivity index (χ2v) is 5.73. The first-order valence-electron chi connectivity index (χ1n) is 6.30. The summed E-state index contributed by atoms with van der Waals surface area (Å²) in [5, 5.41) is 9.36. The average Bonchev–Trinajstić information content (AvgIpc) is 2.68. The number of rotatable bonds is 5. The summed E-state index contributed by atoms with van der Waals surface area (Å²) in [7, 11) is 0. The Morgan fingerprint density at radius 3 is 2.65 bits per heavy atom. The predicted molar refractivity (Wildman–Crippen MR) is 73.2 cm³/mol. The number of nitrogens with one attached hydrogen (secondary N) is 1. The number of carbonyl (C=O) groups is 2. The summed E-state index contributed by atoms with van der Waals surface area (Å²) >= 11 is 0. The molecule has 1 aromatic carbocycles. The zero-order valence-electron chi connectivity index (χ0n) is 11.4. The summed E-state index contributed by atoms with van der Waals surface area (Å²) in [4.78, 5) is 26.0. The van der Waals surface area contributed by atoms with Crippen LogP contribution in [-0.2, 0) is 4.79 Å². The average molecular weight is 277 g/mol. The molecule has 0 aliphatic rings. The number of benzene rings is 1. The van der Waals surface area contributed by atoms with Crippen LogP contribution in [0.15, 0.2) is 24.4 Å². The van der Waals surface area contributed by atoms with Crippen molar-refractivity contribution in [2.75, 3.05) is 0 Å². The molecule has 5 heteroatoms. The Labute approximate surface area is 115 Å². The first kappa shape index (κ1) is 14.2. The molecule has 0 amide bonds. The van der Waals surface area contributed by atoms with E-state index in [9.17, 15) is 14.0 Å². The van der Waals surface area contributed by atoms with Gasteiger partial charge in [-0.15, -0.1) is 0 Å². The van der Waals surface area contributed by atoms with E-state index in [0.29, 0.717) is 16.5 Å². The number of H-pyrrole nitrogens is 1. The molecule has 0 fully saturated rings. The summed E-state index contributed by atoms with van der Waals surface area (Å²) in [5.74, 6) is -1.53. The second-order valence-electron chi connectivity index (χ2n) is 5.73. The van der Waals surface area contributed by atoms with E-state index < -0.39 is 17.2 Å². The van der Waals surface area contributed by atoms with Gasteiger partial charge in [0.25, 0.3) is 0 Å². The monoisotopic (exact) mass is 277 g/mol. The Balaban J connectivity index is 2.28. The molecular formula is C15H16FNO3. The molecule has 0 atom stereocenters. The first-order chi connectivity index (χ1) is 9.28. The van der Waals surface area contributed by atoms with Gasteiger partial charge in [0.1, 0.15) is 5.82 Å². The quantitative estimate of drug-likeness (QED) is 0.823. The molecule has 0 saturated heterocycles. The maximum absolute atomic E-state index is 13.3. The van der Waals surface area contributed by atoms with Crippen molar-refractivity contribution in [3.63, 3.8) is 0 Å². The molecular weight excluding hydrogens is 261 g/mol. The van der Waals surface area contributed by atoms with Crippen LogP contribution in [0.4, 0.5) is 4.39 Å². The smallest absolute Gasteiger partial charge is 0.303 e. The first-order valence-corrected chi connectivity index (χ1v) is 6.30. The Hall–Kier alpha value is -2.17. The predicted octanol–water partition coefficient (Wildman–Crippen LogP) is 3.38. The Morgan fingerprint density at radius 2 is 2.00 bits per heavy atom. The highest BCUT2D eigenvalue weighted by atomic mass is 19.1. The van der Waals surface area contributed by atoms with Gasteiger partial charge in [0.2, 0.25) is 0 Å². The van der Waals surface area contributed by atoms with Crippen molar-refractivity contribution in [3.05, 3.63) is 35.8 Å². The molecule has 0 radical (unpaired) electrons. The third-order valence-electron chi connectivity index (χ3n) is 3.21. The molecule has 1 heterocycles. The number of fused-ring (bicyclic) bond motifs is 1. The number of carboxylic acid groups (broad SMARTS) is 1. The molecule has 0 spiro atoms. The number of ketones is 1. The molecule has 0 aliphatic carbocycles. The lowest BCUT2D eigenvalue weighted by molar-refractivity contribution is -0.139. The van der Waals surface area contributed by atoms with Crippen LogP contribution in [0.3, 0.4) is 0 Å². The molecule has 2 aromatic rings. The van der Waals surface area contributed by atoms with E-state index in [0.717, 1.165) is 0 Å².